The van der Waals surface area contributed by atoms with E-state index in [1.165, 1.54) is 6.07 Å². The number of ether oxygens (including phenoxy) is 2. The number of rotatable bonds is 10. The van der Waals surface area contributed by atoms with E-state index in [0.29, 0.717) is 29.2 Å². The standard InChI is InChI=1S/C29H28O5/c30-26-16-24(33-19-21-10-4-1-5-11-21)17-28(34-20-22-12-6-2-7-13-22)25(26)18-27(31)29(32)23-14-8-3-9-15-23/h1-17,27,29-32H,18-20H2. The Bertz CT molecular complexity index is 1160. The molecule has 3 N–H and O–H groups in total. The van der Waals surface area contributed by atoms with Gasteiger partial charge in [0.1, 0.15) is 36.6 Å². The summed E-state index contributed by atoms with van der Waals surface area (Å²) in [5.74, 6) is 0.783. The van der Waals surface area contributed by atoms with Crippen molar-refractivity contribution in [3.8, 4) is 17.2 Å². The first-order valence-corrected chi connectivity index (χ1v) is 11.2. The van der Waals surface area contributed by atoms with Crippen LogP contribution in [0.5, 0.6) is 17.2 Å². The SMILES string of the molecule is Oc1cc(OCc2ccccc2)cc(OCc2ccccc2)c1CC(O)C(O)c1ccccc1. The molecular formula is C29H28O5. The lowest BCUT2D eigenvalue weighted by Gasteiger charge is -2.21. The molecule has 34 heavy (non-hydrogen) atoms. The first kappa shape index (κ1) is 23.4. The van der Waals surface area contributed by atoms with E-state index in [1.807, 2.05) is 66.7 Å². The van der Waals surface area contributed by atoms with Crippen molar-refractivity contribution in [2.75, 3.05) is 0 Å². The van der Waals surface area contributed by atoms with Crippen LogP contribution in [-0.2, 0) is 19.6 Å². The Balaban J connectivity index is 1.56. The average molecular weight is 457 g/mol. The van der Waals surface area contributed by atoms with Crippen molar-refractivity contribution >= 4 is 0 Å². The number of phenolic OH excluding ortho intramolecular Hbond substituents is 1. The van der Waals surface area contributed by atoms with Gasteiger partial charge in [-0.3, -0.25) is 0 Å². The number of benzene rings is 4. The lowest BCUT2D eigenvalue weighted by Crippen LogP contribution is -2.21. The summed E-state index contributed by atoms with van der Waals surface area (Å²) in [4.78, 5) is 0. The Hall–Kier alpha value is -3.80. The van der Waals surface area contributed by atoms with E-state index < -0.39 is 12.2 Å². The number of hydrogen-bond donors (Lipinski definition) is 3. The van der Waals surface area contributed by atoms with Crippen LogP contribution < -0.4 is 9.47 Å². The molecule has 0 aliphatic heterocycles. The minimum Gasteiger partial charge on any atom is -0.507 e. The van der Waals surface area contributed by atoms with Crippen LogP contribution in [0.25, 0.3) is 0 Å². The van der Waals surface area contributed by atoms with Crippen molar-refractivity contribution in [2.24, 2.45) is 0 Å². The Morgan fingerprint density at radius 2 is 1.18 bits per heavy atom. The molecule has 4 aromatic carbocycles. The van der Waals surface area contributed by atoms with Crippen molar-refractivity contribution in [3.63, 3.8) is 0 Å². The number of aliphatic hydroxyl groups is 2. The lowest BCUT2D eigenvalue weighted by atomic mass is 9.97. The van der Waals surface area contributed by atoms with E-state index in [1.54, 1.807) is 30.3 Å². The Morgan fingerprint density at radius 1 is 0.647 bits per heavy atom. The van der Waals surface area contributed by atoms with E-state index in [9.17, 15) is 15.3 Å². The molecule has 0 spiro atoms. The third-order valence-corrected chi connectivity index (χ3v) is 5.56. The quantitative estimate of drug-likeness (QED) is 0.306. The molecule has 0 saturated heterocycles. The normalized spacial score (nSPS) is 12.6. The predicted octanol–water partition coefficient (Wildman–Crippen LogP) is 5.19. The van der Waals surface area contributed by atoms with Crippen molar-refractivity contribution in [1.82, 2.24) is 0 Å². The Morgan fingerprint density at radius 3 is 1.76 bits per heavy atom. The highest BCUT2D eigenvalue weighted by Crippen LogP contribution is 2.36. The van der Waals surface area contributed by atoms with Crippen LogP contribution in [-0.4, -0.2) is 21.4 Å². The molecule has 2 atom stereocenters. The van der Waals surface area contributed by atoms with Gasteiger partial charge >= 0.3 is 0 Å². The molecule has 0 aliphatic carbocycles. The van der Waals surface area contributed by atoms with Gasteiger partial charge in [-0.25, -0.2) is 0 Å². The van der Waals surface area contributed by atoms with Gasteiger partial charge < -0.3 is 24.8 Å². The minimum absolute atomic E-state index is 0.00494. The molecule has 2 unspecified atom stereocenters. The fourth-order valence-electron chi connectivity index (χ4n) is 3.69. The maximum Gasteiger partial charge on any atom is 0.130 e. The maximum absolute atomic E-state index is 10.8. The van der Waals surface area contributed by atoms with Gasteiger partial charge in [-0.15, -0.1) is 0 Å². The smallest absolute Gasteiger partial charge is 0.130 e. The number of aliphatic hydroxyl groups excluding tert-OH is 2. The number of phenols is 1. The number of aromatic hydroxyl groups is 1. The molecule has 0 aliphatic rings. The highest BCUT2D eigenvalue weighted by molar-refractivity contribution is 5.50. The van der Waals surface area contributed by atoms with Gasteiger partial charge in [0, 0.05) is 24.1 Å². The second-order valence-corrected chi connectivity index (χ2v) is 8.09. The van der Waals surface area contributed by atoms with Crippen molar-refractivity contribution in [2.45, 2.75) is 31.8 Å². The maximum atomic E-state index is 10.8. The van der Waals surface area contributed by atoms with Gasteiger partial charge in [0.2, 0.25) is 0 Å². The van der Waals surface area contributed by atoms with E-state index in [2.05, 4.69) is 0 Å². The highest BCUT2D eigenvalue weighted by atomic mass is 16.5. The summed E-state index contributed by atoms with van der Waals surface area (Å²) in [6.07, 6.45) is -2.23. The second-order valence-electron chi connectivity index (χ2n) is 8.09. The van der Waals surface area contributed by atoms with Crippen LogP contribution in [0.15, 0.2) is 103 Å². The van der Waals surface area contributed by atoms with E-state index in [-0.39, 0.29) is 18.8 Å². The fraction of sp³-hybridized carbons (Fsp3) is 0.172. The van der Waals surface area contributed by atoms with Crippen LogP contribution in [0.1, 0.15) is 28.4 Å². The molecule has 0 heterocycles. The van der Waals surface area contributed by atoms with Gasteiger partial charge in [-0.2, -0.15) is 0 Å². The first-order chi connectivity index (χ1) is 16.6. The molecule has 5 heteroatoms. The third-order valence-electron chi connectivity index (χ3n) is 5.56. The largest absolute Gasteiger partial charge is 0.507 e. The molecular weight excluding hydrogens is 428 g/mol. The van der Waals surface area contributed by atoms with Crippen molar-refractivity contribution in [3.05, 3.63) is 125 Å². The molecule has 4 rings (SSSR count). The molecule has 5 nitrogen and oxygen atoms in total. The van der Waals surface area contributed by atoms with Crippen LogP contribution in [0.3, 0.4) is 0 Å². The third kappa shape index (κ3) is 6.16. The summed E-state index contributed by atoms with van der Waals surface area (Å²) >= 11 is 0. The molecule has 174 valence electrons. The van der Waals surface area contributed by atoms with Crippen LogP contribution in [0.4, 0.5) is 0 Å². The van der Waals surface area contributed by atoms with Gasteiger partial charge in [-0.05, 0) is 16.7 Å². The molecule has 0 saturated carbocycles. The lowest BCUT2D eigenvalue weighted by molar-refractivity contribution is 0.0182. The van der Waals surface area contributed by atoms with Crippen LogP contribution in [0, 0.1) is 0 Å². The molecule has 0 fully saturated rings. The molecule has 4 aromatic rings. The monoisotopic (exact) mass is 456 g/mol. The zero-order valence-electron chi connectivity index (χ0n) is 18.7. The Kier molecular flexibility index (Phi) is 7.81. The average Bonchev–Trinajstić information content (AvgIpc) is 2.89. The van der Waals surface area contributed by atoms with Crippen LogP contribution in [0.2, 0.25) is 0 Å². The highest BCUT2D eigenvalue weighted by Gasteiger charge is 2.23. The molecule has 0 bridgehead atoms. The summed E-state index contributed by atoms with van der Waals surface area (Å²) in [5.41, 5.74) is 2.97. The summed E-state index contributed by atoms with van der Waals surface area (Å²) in [7, 11) is 0. The van der Waals surface area contributed by atoms with Gasteiger partial charge in [0.05, 0.1) is 6.10 Å². The number of hydrogen-bond acceptors (Lipinski definition) is 5. The zero-order valence-corrected chi connectivity index (χ0v) is 18.7. The van der Waals surface area contributed by atoms with Gasteiger partial charge in [-0.1, -0.05) is 91.0 Å². The summed E-state index contributed by atoms with van der Waals surface area (Å²) < 4.78 is 11.9. The van der Waals surface area contributed by atoms with Gasteiger partial charge in [0.15, 0.2) is 0 Å². The van der Waals surface area contributed by atoms with E-state index in [0.717, 1.165) is 11.1 Å². The molecule has 0 aromatic heterocycles. The predicted molar refractivity (Wildman–Crippen MR) is 131 cm³/mol. The summed E-state index contributed by atoms with van der Waals surface area (Å²) in [6.45, 7) is 0.625. The summed E-state index contributed by atoms with van der Waals surface area (Å²) in [5, 5.41) is 32.2. The Labute approximate surface area is 199 Å². The fourth-order valence-corrected chi connectivity index (χ4v) is 3.69. The summed E-state index contributed by atoms with van der Waals surface area (Å²) in [6, 6.07) is 31.6. The topological polar surface area (TPSA) is 79.2 Å². The zero-order chi connectivity index (χ0) is 23.8. The second kappa shape index (κ2) is 11.4. The van der Waals surface area contributed by atoms with Crippen molar-refractivity contribution < 1.29 is 24.8 Å². The van der Waals surface area contributed by atoms with E-state index >= 15 is 0 Å². The van der Waals surface area contributed by atoms with Crippen molar-refractivity contribution in [1.29, 1.82) is 0 Å². The first-order valence-electron chi connectivity index (χ1n) is 11.2. The van der Waals surface area contributed by atoms with Crippen LogP contribution >= 0.6 is 0 Å². The minimum atomic E-state index is -1.14. The van der Waals surface area contributed by atoms with Gasteiger partial charge in [0.25, 0.3) is 0 Å². The van der Waals surface area contributed by atoms with E-state index in [4.69, 9.17) is 9.47 Å². The molecule has 0 radical (unpaired) electrons. The molecule has 0 amide bonds.